The third-order valence-corrected chi connectivity index (χ3v) is 5.22. The third-order valence-electron chi connectivity index (χ3n) is 4.98. The van der Waals surface area contributed by atoms with Crippen molar-refractivity contribution in [1.82, 2.24) is 9.78 Å². The minimum absolute atomic E-state index is 0.340. The van der Waals surface area contributed by atoms with Crippen LogP contribution in [0.15, 0.2) is 36.7 Å². The summed E-state index contributed by atoms with van der Waals surface area (Å²) in [6.07, 6.45) is -0.611. The predicted molar refractivity (Wildman–Crippen MR) is 96.1 cm³/mol. The van der Waals surface area contributed by atoms with E-state index in [1.54, 1.807) is 12.1 Å². The zero-order valence-corrected chi connectivity index (χ0v) is 15.1. The van der Waals surface area contributed by atoms with E-state index in [1.807, 2.05) is 6.07 Å². The molecule has 1 fully saturated rings. The molecule has 1 aromatic carbocycles. The van der Waals surface area contributed by atoms with E-state index in [0.717, 1.165) is 23.2 Å². The first kappa shape index (κ1) is 18.2. The number of hydrogen-bond acceptors (Lipinski definition) is 3. The summed E-state index contributed by atoms with van der Waals surface area (Å²) in [5.74, 6) is -0.591. The molecule has 2 heterocycles. The Morgan fingerprint density at radius 1 is 1.26 bits per heavy atom. The van der Waals surface area contributed by atoms with Crippen molar-refractivity contribution in [3.8, 4) is 0 Å². The molecule has 5 nitrogen and oxygen atoms in total. The van der Waals surface area contributed by atoms with Gasteiger partial charge in [-0.1, -0.05) is 11.6 Å². The number of carbonyl (C=O) groups excluding carboxylic acids is 1. The monoisotopic (exact) mass is 398 g/mol. The molecule has 27 heavy (non-hydrogen) atoms. The van der Waals surface area contributed by atoms with E-state index in [2.05, 4.69) is 10.00 Å². The van der Waals surface area contributed by atoms with Crippen LogP contribution < -0.4 is 9.80 Å². The molecule has 0 unspecified atom stereocenters. The highest BCUT2D eigenvalue weighted by atomic mass is 35.5. The number of anilines is 2. The number of alkyl halides is 3. The zero-order valence-electron chi connectivity index (χ0n) is 14.4. The summed E-state index contributed by atoms with van der Waals surface area (Å²) >= 11 is 6.10. The molecule has 0 saturated heterocycles. The van der Waals surface area contributed by atoms with Gasteiger partial charge in [-0.05, 0) is 37.1 Å². The molecule has 9 heteroatoms. The fourth-order valence-corrected chi connectivity index (χ4v) is 3.69. The van der Waals surface area contributed by atoms with E-state index < -0.39 is 24.5 Å². The van der Waals surface area contributed by atoms with E-state index in [1.165, 1.54) is 23.4 Å². The summed E-state index contributed by atoms with van der Waals surface area (Å²) in [5.41, 5.74) is 1.43. The topological polar surface area (TPSA) is 41.4 Å². The third kappa shape index (κ3) is 3.63. The molecule has 2 aromatic rings. The zero-order chi connectivity index (χ0) is 19.2. The number of halogens is 4. The molecule has 0 spiro atoms. The summed E-state index contributed by atoms with van der Waals surface area (Å²) < 4.78 is 41.2. The Balaban J connectivity index is 1.61. The van der Waals surface area contributed by atoms with Crippen LogP contribution in [-0.4, -0.2) is 41.0 Å². The average Bonchev–Trinajstić information content (AvgIpc) is 3.32. The highest BCUT2D eigenvalue weighted by Crippen LogP contribution is 2.42. The Morgan fingerprint density at radius 2 is 2.04 bits per heavy atom. The average molecular weight is 399 g/mol. The second-order valence-corrected chi connectivity index (χ2v) is 7.29. The Labute approximate surface area is 159 Å². The van der Waals surface area contributed by atoms with Crippen LogP contribution in [0.5, 0.6) is 0 Å². The molecule has 2 aliphatic rings. The van der Waals surface area contributed by atoms with Gasteiger partial charge in [-0.25, -0.2) is 0 Å². The maximum absolute atomic E-state index is 13.5. The standard InChI is InChI=1S/C18H18ClF3N4O/c19-12-2-5-14-15(10-12)25(9-8-24(14)13-3-4-13)17(27)11-16(18(20,21)22)26-7-1-6-23-26/h1-2,5-7,10,13,16H,3-4,8-9,11H2/t16-/m0/s1. The first-order valence-electron chi connectivity index (χ1n) is 8.77. The van der Waals surface area contributed by atoms with Gasteiger partial charge in [0.2, 0.25) is 5.91 Å². The molecular formula is C18H18ClF3N4O. The Hall–Kier alpha value is -2.22. The van der Waals surface area contributed by atoms with Gasteiger partial charge in [-0.15, -0.1) is 0 Å². The van der Waals surface area contributed by atoms with Crippen molar-refractivity contribution in [3.05, 3.63) is 41.7 Å². The van der Waals surface area contributed by atoms with E-state index in [0.29, 0.717) is 29.8 Å². The van der Waals surface area contributed by atoms with E-state index in [4.69, 9.17) is 11.6 Å². The highest BCUT2D eigenvalue weighted by Gasteiger charge is 2.44. The van der Waals surface area contributed by atoms with Crippen LogP contribution in [0.25, 0.3) is 0 Å². The minimum Gasteiger partial charge on any atom is -0.365 e. The summed E-state index contributed by atoms with van der Waals surface area (Å²) in [5, 5.41) is 4.13. The quantitative estimate of drug-likeness (QED) is 0.780. The van der Waals surface area contributed by atoms with Crippen LogP contribution in [0.1, 0.15) is 25.3 Å². The number of benzene rings is 1. The number of rotatable bonds is 4. The molecule has 0 radical (unpaired) electrons. The fraction of sp³-hybridized carbons (Fsp3) is 0.444. The van der Waals surface area contributed by atoms with Crippen molar-refractivity contribution < 1.29 is 18.0 Å². The SMILES string of the molecule is O=C(C[C@H](n1cccn1)C(F)(F)F)N1CCN(C2CC2)c2ccc(Cl)cc21. The predicted octanol–water partition coefficient (Wildman–Crippen LogP) is 4.05. The van der Waals surface area contributed by atoms with E-state index in [9.17, 15) is 18.0 Å². The molecule has 1 aromatic heterocycles. The lowest BCUT2D eigenvalue weighted by atomic mass is 10.1. The van der Waals surface area contributed by atoms with Gasteiger partial charge >= 0.3 is 6.18 Å². The van der Waals surface area contributed by atoms with Crippen LogP contribution in [0.2, 0.25) is 5.02 Å². The van der Waals surface area contributed by atoms with Gasteiger partial charge in [-0.3, -0.25) is 9.48 Å². The number of fused-ring (bicyclic) bond motifs is 1. The van der Waals surface area contributed by atoms with Gasteiger partial charge in [0.25, 0.3) is 0 Å². The fourth-order valence-electron chi connectivity index (χ4n) is 3.53. The summed E-state index contributed by atoms with van der Waals surface area (Å²) in [6.45, 7) is 0.940. The molecular weight excluding hydrogens is 381 g/mol. The first-order chi connectivity index (χ1) is 12.8. The Bertz CT molecular complexity index is 836. The van der Waals surface area contributed by atoms with Gasteiger partial charge in [0.1, 0.15) is 0 Å². The summed E-state index contributed by atoms with van der Waals surface area (Å²) in [4.78, 5) is 16.5. The van der Waals surface area contributed by atoms with Crippen molar-refractivity contribution in [2.75, 3.05) is 22.9 Å². The molecule has 1 atom stereocenters. The second-order valence-electron chi connectivity index (χ2n) is 6.85. The molecule has 0 bridgehead atoms. The molecule has 1 aliphatic heterocycles. The van der Waals surface area contributed by atoms with E-state index in [-0.39, 0.29) is 0 Å². The van der Waals surface area contributed by atoms with Crippen LogP contribution in [0, 0.1) is 0 Å². The van der Waals surface area contributed by atoms with Gasteiger partial charge < -0.3 is 9.80 Å². The number of hydrogen-bond donors (Lipinski definition) is 0. The van der Waals surface area contributed by atoms with Crippen LogP contribution >= 0.6 is 11.6 Å². The molecule has 1 saturated carbocycles. The van der Waals surface area contributed by atoms with Crippen molar-refractivity contribution in [3.63, 3.8) is 0 Å². The van der Waals surface area contributed by atoms with Crippen LogP contribution in [0.4, 0.5) is 24.5 Å². The summed E-state index contributed by atoms with van der Waals surface area (Å²) in [6, 6.07) is 5.08. The Kier molecular flexibility index (Phi) is 4.53. The smallest absolute Gasteiger partial charge is 0.365 e. The van der Waals surface area contributed by atoms with Gasteiger partial charge in [-0.2, -0.15) is 18.3 Å². The second kappa shape index (κ2) is 6.74. The molecule has 4 rings (SSSR count). The van der Waals surface area contributed by atoms with Crippen LogP contribution in [0.3, 0.4) is 0 Å². The largest absolute Gasteiger partial charge is 0.411 e. The number of amides is 1. The van der Waals surface area contributed by atoms with Crippen molar-refractivity contribution in [2.45, 2.75) is 37.5 Å². The lowest BCUT2D eigenvalue weighted by molar-refractivity contribution is -0.174. The lowest BCUT2D eigenvalue weighted by Gasteiger charge is -2.38. The van der Waals surface area contributed by atoms with Gasteiger partial charge in [0, 0.05) is 36.5 Å². The first-order valence-corrected chi connectivity index (χ1v) is 9.15. The number of carbonyl (C=O) groups is 1. The van der Waals surface area contributed by atoms with Gasteiger partial charge in [0.15, 0.2) is 6.04 Å². The van der Waals surface area contributed by atoms with Crippen molar-refractivity contribution >= 4 is 28.9 Å². The highest BCUT2D eigenvalue weighted by molar-refractivity contribution is 6.31. The van der Waals surface area contributed by atoms with Gasteiger partial charge in [0.05, 0.1) is 17.8 Å². The molecule has 144 valence electrons. The number of nitrogens with zero attached hydrogens (tertiary/aromatic N) is 4. The van der Waals surface area contributed by atoms with Crippen molar-refractivity contribution in [2.24, 2.45) is 0 Å². The lowest BCUT2D eigenvalue weighted by Crippen LogP contribution is -2.46. The molecule has 0 N–H and O–H groups in total. The molecule has 1 amide bonds. The normalized spacial score (nSPS) is 18.4. The van der Waals surface area contributed by atoms with E-state index >= 15 is 0 Å². The maximum atomic E-state index is 13.5. The molecule has 1 aliphatic carbocycles. The minimum atomic E-state index is -4.57. The maximum Gasteiger partial charge on any atom is 0.411 e. The van der Waals surface area contributed by atoms with Crippen LogP contribution in [-0.2, 0) is 4.79 Å². The summed E-state index contributed by atoms with van der Waals surface area (Å²) in [7, 11) is 0. The Morgan fingerprint density at radius 3 is 2.67 bits per heavy atom. The number of aromatic nitrogens is 2. The van der Waals surface area contributed by atoms with Crippen molar-refractivity contribution in [1.29, 1.82) is 0 Å².